The summed E-state index contributed by atoms with van der Waals surface area (Å²) >= 11 is 9.61. The second kappa shape index (κ2) is 7.66. The number of carbonyl (C=O) groups excluding carboxylic acids is 1. The Balaban J connectivity index is 1.83. The molecule has 0 saturated carbocycles. The molecule has 0 bridgehead atoms. The van der Waals surface area contributed by atoms with Crippen molar-refractivity contribution < 1.29 is 9.18 Å². The number of hydrogen-bond acceptors (Lipinski definition) is 1. The van der Waals surface area contributed by atoms with Crippen LogP contribution in [-0.4, -0.2) is 23.9 Å². The number of halogens is 3. The maximum Gasteiger partial charge on any atom is 0.255 e. The Morgan fingerprint density at radius 3 is 2.67 bits per heavy atom. The molecule has 0 aromatic heterocycles. The molecule has 2 nitrogen and oxygen atoms in total. The molecule has 24 heavy (non-hydrogen) atoms. The molecule has 126 valence electrons. The summed E-state index contributed by atoms with van der Waals surface area (Å²) in [5, 5.41) is 0.464. The molecule has 1 heterocycles. The van der Waals surface area contributed by atoms with Gasteiger partial charge in [-0.05, 0) is 48.7 Å². The van der Waals surface area contributed by atoms with Gasteiger partial charge in [-0.2, -0.15) is 0 Å². The van der Waals surface area contributed by atoms with Gasteiger partial charge in [-0.15, -0.1) is 0 Å². The summed E-state index contributed by atoms with van der Waals surface area (Å²) in [6, 6.07) is 11.9. The SMILES string of the molecule is O=C(c1cc(Br)ccc1Cl)N1CCCCC(c2ccc(F)cc2)C1. The largest absolute Gasteiger partial charge is 0.338 e. The van der Waals surface area contributed by atoms with E-state index in [9.17, 15) is 9.18 Å². The number of carbonyl (C=O) groups is 1. The van der Waals surface area contributed by atoms with Crippen LogP contribution in [0.25, 0.3) is 0 Å². The van der Waals surface area contributed by atoms with Crippen LogP contribution >= 0.6 is 27.5 Å². The lowest BCUT2D eigenvalue weighted by Crippen LogP contribution is -2.34. The third kappa shape index (κ3) is 3.98. The van der Waals surface area contributed by atoms with Crippen molar-refractivity contribution in [1.29, 1.82) is 0 Å². The van der Waals surface area contributed by atoms with Gasteiger partial charge in [0.2, 0.25) is 0 Å². The minimum Gasteiger partial charge on any atom is -0.338 e. The van der Waals surface area contributed by atoms with Crippen LogP contribution < -0.4 is 0 Å². The van der Waals surface area contributed by atoms with Crippen molar-refractivity contribution >= 4 is 33.4 Å². The number of amides is 1. The summed E-state index contributed by atoms with van der Waals surface area (Å²) in [5.41, 5.74) is 1.60. The maximum atomic E-state index is 13.2. The Morgan fingerprint density at radius 2 is 1.92 bits per heavy atom. The minimum atomic E-state index is -0.235. The lowest BCUT2D eigenvalue weighted by molar-refractivity contribution is 0.0754. The van der Waals surface area contributed by atoms with Gasteiger partial charge in [-0.3, -0.25) is 4.79 Å². The maximum absolute atomic E-state index is 13.2. The molecule has 1 fully saturated rings. The number of nitrogens with zero attached hydrogens (tertiary/aromatic N) is 1. The topological polar surface area (TPSA) is 20.3 Å². The van der Waals surface area contributed by atoms with E-state index in [1.54, 1.807) is 12.1 Å². The minimum absolute atomic E-state index is 0.0460. The van der Waals surface area contributed by atoms with Crippen molar-refractivity contribution in [3.8, 4) is 0 Å². The molecule has 1 aliphatic heterocycles. The normalized spacial score (nSPS) is 18.3. The molecule has 0 N–H and O–H groups in total. The highest BCUT2D eigenvalue weighted by Crippen LogP contribution is 2.29. The highest BCUT2D eigenvalue weighted by molar-refractivity contribution is 9.10. The van der Waals surface area contributed by atoms with E-state index in [1.807, 2.05) is 23.1 Å². The highest BCUT2D eigenvalue weighted by atomic mass is 79.9. The highest BCUT2D eigenvalue weighted by Gasteiger charge is 2.25. The second-order valence-corrected chi connectivity index (χ2v) is 7.44. The van der Waals surface area contributed by atoms with Gasteiger partial charge in [0.25, 0.3) is 5.91 Å². The second-order valence-electron chi connectivity index (χ2n) is 6.12. The van der Waals surface area contributed by atoms with Gasteiger partial charge in [0.05, 0.1) is 10.6 Å². The van der Waals surface area contributed by atoms with Crippen LogP contribution in [0.2, 0.25) is 5.02 Å². The van der Waals surface area contributed by atoms with Gasteiger partial charge in [0.1, 0.15) is 5.82 Å². The summed E-state index contributed by atoms with van der Waals surface area (Å²) in [6.45, 7) is 1.35. The van der Waals surface area contributed by atoms with Crippen LogP contribution in [0.5, 0.6) is 0 Å². The summed E-state index contributed by atoms with van der Waals surface area (Å²) in [5.74, 6) is -0.0560. The van der Waals surface area contributed by atoms with Crippen LogP contribution in [0.4, 0.5) is 4.39 Å². The lowest BCUT2D eigenvalue weighted by Gasteiger charge is -2.25. The van der Waals surface area contributed by atoms with E-state index in [4.69, 9.17) is 11.6 Å². The molecule has 2 aromatic carbocycles. The Bertz CT molecular complexity index is 735. The van der Waals surface area contributed by atoms with E-state index < -0.39 is 0 Å². The third-order valence-corrected chi connectivity index (χ3v) is 5.28. The van der Waals surface area contributed by atoms with Crippen LogP contribution in [0.3, 0.4) is 0 Å². The first-order chi connectivity index (χ1) is 11.5. The third-order valence-electron chi connectivity index (χ3n) is 4.46. The average molecular weight is 411 g/mol. The fourth-order valence-electron chi connectivity index (χ4n) is 3.17. The summed E-state index contributed by atoms with van der Waals surface area (Å²) < 4.78 is 14.0. The molecule has 1 unspecified atom stereocenters. The fraction of sp³-hybridized carbons (Fsp3) is 0.316. The average Bonchev–Trinajstić information content (AvgIpc) is 2.83. The molecule has 3 rings (SSSR count). The molecule has 5 heteroatoms. The Morgan fingerprint density at radius 1 is 1.17 bits per heavy atom. The van der Waals surface area contributed by atoms with Gasteiger partial charge < -0.3 is 4.90 Å². The van der Waals surface area contributed by atoms with Gasteiger partial charge in [0, 0.05) is 23.5 Å². The van der Waals surface area contributed by atoms with Gasteiger partial charge in [-0.1, -0.05) is 46.1 Å². The van der Waals surface area contributed by atoms with E-state index in [2.05, 4.69) is 15.9 Å². The van der Waals surface area contributed by atoms with E-state index in [-0.39, 0.29) is 17.6 Å². The zero-order valence-electron chi connectivity index (χ0n) is 13.1. The quantitative estimate of drug-likeness (QED) is 0.626. The van der Waals surface area contributed by atoms with E-state index in [1.165, 1.54) is 12.1 Å². The Labute approximate surface area is 154 Å². The first-order valence-electron chi connectivity index (χ1n) is 8.04. The zero-order valence-corrected chi connectivity index (χ0v) is 15.5. The van der Waals surface area contributed by atoms with Crippen molar-refractivity contribution in [3.63, 3.8) is 0 Å². The molecule has 0 radical (unpaired) electrons. The predicted molar refractivity (Wildman–Crippen MR) is 98.0 cm³/mol. The van der Waals surface area contributed by atoms with Gasteiger partial charge in [-0.25, -0.2) is 4.39 Å². The van der Waals surface area contributed by atoms with Crippen LogP contribution in [0.1, 0.15) is 41.1 Å². The summed E-state index contributed by atoms with van der Waals surface area (Å²) in [6.07, 6.45) is 3.02. The van der Waals surface area contributed by atoms with Gasteiger partial charge in [0.15, 0.2) is 0 Å². The number of likely N-dealkylation sites (tertiary alicyclic amines) is 1. The molecular weight excluding hydrogens is 393 g/mol. The van der Waals surface area contributed by atoms with Crippen LogP contribution in [0.15, 0.2) is 46.9 Å². The smallest absolute Gasteiger partial charge is 0.255 e. The van der Waals surface area contributed by atoms with Crippen LogP contribution in [0, 0.1) is 5.82 Å². The van der Waals surface area contributed by atoms with Crippen molar-refractivity contribution in [2.45, 2.75) is 25.2 Å². The Hall–Kier alpha value is -1.39. The molecule has 0 aliphatic carbocycles. The molecule has 2 aromatic rings. The molecule has 1 amide bonds. The van der Waals surface area contributed by atoms with Crippen molar-refractivity contribution in [2.75, 3.05) is 13.1 Å². The van der Waals surface area contributed by atoms with Crippen molar-refractivity contribution in [2.24, 2.45) is 0 Å². The first-order valence-corrected chi connectivity index (χ1v) is 9.21. The molecule has 1 saturated heterocycles. The fourth-order valence-corrected chi connectivity index (χ4v) is 3.72. The molecule has 0 spiro atoms. The van der Waals surface area contributed by atoms with Gasteiger partial charge >= 0.3 is 0 Å². The summed E-state index contributed by atoms with van der Waals surface area (Å²) in [7, 11) is 0. The van der Waals surface area contributed by atoms with E-state index in [0.29, 0.717) is 17.1 Å². The molecule has 1 atom stereocenters. The van der Waals surface area contributed by atoms with Crippen molar-refractivity contribution in [3.05, 3.63) is 68.9 Å². The first kappa shape index (κ1) is 17.4. The molecule has 1 aliphatic rings. The number of rotatable bonds is 2. The van der Waals surface area contributed by atoms with E-state index >= 15 is 0 Å². The number of hydrogen-bond donors (Lipinski definition) is 0. The molecular formula is C19H18BrClFNO. The lowest BCUT2D eigenvalue weighted by atomic mass is 9.94. The zero-order chi connectivity index (χ0) is 17.1. The van der Waals surface area contributed by atoms with Crippen LogP contribution in [-0.2, 0) is 0 Å². The van der Waals surface area contributed by atoms with Crippen molar-refractivity contribution in [1.82, 2.24) is 4.90 Å². The standard InChI is InChI=1S/C19H18BrClFNO/c20-15-6-9-18(21)17(11-15)19(24)23-10-2-1-3-14(12-23)13-4-7-16(22)8-5-13/h4-9,11,14H,1-3,10,12H2. The predicted octanol–water partition coefficient (Wildman–Crippen LogP) is 5.65. The monoisotopic (exact) mass is 409 g/mol. The Kier molecular flexibility index (Phi) is 5.57. The van der Waals surface area contributed by atoms with E-state index in [0.717, 1.165) is 35.8 Å². The number of benzene rings is 2. The summed E-state index contributed by atoms with van der Waals surface area (Å²) in [4.78, 5) is 14.8.